The molecule has 1 aromatic heterocycles. The van der Waals surface area contributed by atoms with E-state index >= 15 is 0 Å². The highest BCUT2D eigenvalue weighted by Crippen LogP contribution is 2.20. The van der Waals surface area contributed by atoms with E-state index in [1.165, 1.54) is 12.3 Å². The fourth-order valence-electron chi connectivity index (χ4n) is 1.94. The highest BCUT2D eigenvalue weighted by Gasteiger charge is 2.28. The number of nitro groups is 1. The van der Waals surface area contributed by atoms with E-state index < -0.39 is 25.7 Å². The Morgan fingerprint density at radius 2 is 2.37 bits per heavy atom. The summed E-state index contributed by atoms with van der Waals surface area (Å²) in [6.07, 6.45) is 3.10. The minimum Gasteiger partial charge on any atom is -0.313 e. The highest BCUT2D eigenvalue weighted by atomic mass is 32.2. The van der Waals surface area contributed by atoms with Crippen molar-refractivity contribution >= 4 is 15.7 Å². The summed E-state index contributed by atoms with van der Waals surface area (Å²) in [4.78, 5) is 13.6. The third-order valence-corrected chi connectivity index (χ3v) is 4.25. The molecule has 1 aromatic rings. The van der Waals surface area contributed by atoms with Crippen LogP contribution in [0.4, 0.5) is 5.69 Å². The largest absolute Gasteiger partial charge is 0.313 e. The molecule has 0 saturated carbocycles. The molecule has 0 bridgehead atoms. The fraction of sp³-hybridized carbons (Fsp3) is 0.500. The number of nitrogens with zero attached hydrogens (tertiary/aromatic N) is 2. The molecule has 9 heteroatoms. The maximum absolute atomic E-state index is 12.0. The lowest BCUT2D eigenvalue weighted by molar-refractivity contribution is -0.388. The third kappa shape index (κ3) is 3.25. The molecule has 8 nitrogen and oxygen atoms in total. The number of hydrogen-bond acceptors (Lipinski definition) is 6. The van der Waals surface area contributed by atoms with Gasteiger partial charge in [-0.05, 0) is 25.5 Å². The molecule has 104 valence electrons. The summed E-state index contributed by atoms with van der Waals surface area (Å²) < 4.78 is 26.4. The second kappa shape index (κ2) is 5.59. The molecule has 2 N–H and O–H groups in total. The standard InChI is InChI=1S/C10H14N4O4S/c15-14(16)9-4-2-6-12-10(9)19(17,18)13-7-8-3-1-5-11-8/h2,4,6,8,11,13H,1,3,5,7H2/t8-/m0/s1. The van der Waals surface area contributed by atoms with Gasteiger partial charge in [-0.3, -0.25) is 10.1 Å². The molecule has 0 radical (unpaired) electrons. The summed E-state index contributed by atoms with van der Waals surface area (Å²) in [5, 5.41) is 13.4. The van der Waals surface area contributed by atoms with Crippen LogP contribution in [-0.4, -0.2) is 37.5 Å². The van der Waals surface area contributed by atoms with Crippen LogP contribution in [0.2, 0.25) is 0 Å². The summed E-state index contributed by atoms with van der Waals surface area (Å²) in [5.74, 6) is 0. The van der Waals surface area contributed by atoms with E-state index in [2.05, 4.69) is 15.0 Å². The van der Waals surface area contributed by atoms with Gasteiger partial charge in [0, 0.05) is 24.8 Å². The van der Waals surface area contributed by atoms with Gasteiger partial charge in [0.15, 0.2) is 0 Å². The van der Waals surface area contributed by atoms with Crippen molar-refractivity contribution in [3.8, 4) is 0 Å². The Kier molecular flexibility index (Phi) is 4.08. The van der Waals surface area contributed by atoms with Crippen molar-refractivity contribution in [3.05, 3.63) is 28.4 Å². The summed E-state index contributed by atoms with van der Waals surface area (Å²) in [7, 11) is -3.97. The summed E-state index contributed by atoms with van der Waals surface area (Å²) in [6.45, 7) is 1.06. The second-order valence-corrected chi connectivity index (χ2v) is 5.91. The molecule has 2 rings (SSSR count). The summed E-state index contributed by atoms with van der Waals surface area (Å²) in [6, 6.07) is 2.52. The van der Waals surface area contributed by atoms with Crippen molar-refractivity contribution in [2.24, 2.45) is 0 Å². The molecule has 1 aliphatic heterocycles. The maximum atomic E-state index is 12.0. The van der Waals surface area contributed by atoms with Crippen molar-refractivity contribution in [2.45, 2.75) is 23.9 Å². The summed E-state index contributed by atoms with van der Waals surface area (Å²) in [5.41, 5.74) is -0.519. The van der Waals surface area contributed by atoms with E-state index in [0.717, 1.165) is 25.5 Å². The first-order valence-electron chi connectivity index (χ1n) is 5.83. The number of rotatable bonds is 5. The molecular formula is C10H14N4O4S. The lowest BCUT2D eigenvalue weighted by Gasteiger charge is -2.11. The van der Waals surface area contributed by atoms with Gasteiger partial charge in [0.2, 0.25) is 5.03 Å². The summed E-state index contributed by atoms with van der Waals surface area (Å²) >= 11 is 0. The van der Waals surface area contributed by atoms with Crippen LogP contribution >= 0.6 is 0 Å². The van der Waals surface area contributed by atoms with Crippen LogP contribution in [0.1, 0.15) is 12.8 Å². The topological polar surface area (TPSA) is 114 Å². The van der Waals surface area contributed by atoms with Crippen LogP contribution in [0, 0.1) is 10.1 Å². The molecule has 0 spiro atoms. The normalized spacial score (nSPS) is 19.5. The van der Waals surface area contributed by atoms with Crippen LogP contribution in [0.3, 0.4) is 0 Å². The zero-order chi connectivity index (χ0) is 13.9. The molecule has 0 aliphatic carbocycles. The van der Waals surface area contributed by atoms with Gasteiger partial charge in [0.05, 0.1) is 4.92 Å². The second-order valence-electron chi connectivity index (χ2n) is 4.23. The third-order valence-electron chi connectivity index (χ3n) is 2.88. The maximum Gasteiger partial charge on any atom is 0.308 e. The SMILES string of the molecule is O=[N+]([O-])c1cccnc1S(=O)(=O)NC[C@@H]1CCCN1. The van der Waals surface area contributed by atoms with Crippen molar-refractivity contribution in [1.29, 1.82) is 0 Å². The highest BCUT2D eigenvalue weighted by molar-refractivity contribution is 7.89. The molecule has 1 atom stereocenters. The van der Waals surface area contributed by atoms with Gasteiger partial charge in [-0.15, -0.1) is 0 Å². The van der Waals surface area contributed by atoms with Crippen molar-refractivity contribution in [1.82, 2.24) is 15.0 Å². The Balaban J connectivity index is 2.17. The Hall–Kier alpha value is -1.58. The monoisotopic (exact) mass is 286 g/mol. The minimum absolute atomic E-state index is 0.0672. The van der Waals surface area contributed by atoms with Gasteiger partial charge in [0.25, 0.3) is 10.0 Å². The molecule has 0 unspecified atom stereocenters. The van der Waals surface area contributed by atoms with Gasteiger partial charge in [-0.25, -0.2) is 18.1 Å². The Labute approximate surface area is 110 Å². The molecule has 0 aromatic carbocycles. The van der Waals surface area contributed by atoms with Gasteiger partial charge >= 0.3 is 5.69 Å². The molecule has 0 amide bonds. The number of sulfonamides is 1. The van der Waals surface area contributed by atoms with Crippen LogP contribution in [-0.2, 0) is 10.0 Å². The van der Waals surface area contributed by atoms with Crippen LogP contribution in [0.5, 0.6) is 0 Å². The predicted molar refractivity (Wildman–Crippen MR) is 67.1 cm³/mol. The number of hydrogen-bond donors (Lipinski definition) is 2. The Morgan fingerprint density at radius 3 is 3.00 bits per heavy atom. The first-order valence-corrected chi connectivity index (χ1v) is 7.31. The Morgan fingerprint density at radius 1 is 1.58 bits per heavy atom. The molecule has 1 fully saturated rings. The van der Waals surface area contributed by atoms with E-state index in [0.29, 0.717) is 0 Å². The molecular weight excluding hydrogens is 272 g/mol. The Bertz CT molecular complexity index is 569. The van der Waals surface area contributed by atoms with Crippen molar-refractivity contribution < 1.29 is 13.3 Å². The van der Waals surface area contributed by atoms with Gasteiger partial charge in [0.1, 0.15) is 0 Å². The molecule has 1 saturated heterocycles. The smallest absolute Gasteiger partial charge is 0.308 e. The van der Waals surface area contributed by atoms with Crippen LogP contribution in [0.25, 0.3) is 0 Å². The quantitative estimate of drug-likeness (QED) is 0.582. The van der Waals surface area contributed by atoms with E-state index in [4.69, 9.17) is 0 Å². The van der Waals surface area contributed by atoms with E-state index in [-0.39, 0.29) is 12.6 Å². The van der Waals surface area contributed by atoms with E-state index in [1.54, 1.807) is 0 Å². The first-order chi connectivity index (χ1) is 9.00. The lowest BCUT2D eigenvalue weighted by atomic mass is 10.2. The first kappa shape index (κ1) is 13.8. The zero-order valence-corrected chi connectivity index (χ0v) is 10.9. The molecule has 19 heavy (non-hydrogen) atoms. The van der Waals surface area contributed by atoms with E-state index in [9.17, 15) is 18.5 Å². The van der Waals surface area contributed by atoms with Crippen LogP contribution < -0.4 is 10.0 Å². The lowest BCUT2D eigenvalue weighted by Crippen LogP contribution is -2.37. The zero-order valence-electron chi connectivity index (χ0n) is 10.1. The van der Waals surface area contributed by atoms with Crippen LogP contribution in [0.15, 0.2) is 23.4 Å². The van der Waals surface area contributed by atoms with Crippen molar-refractivity contribution in [2.75, 3.05) is 13.1 Å². The average Bonchev–Trinajstić information content (AvgIpc) is 2.89. The van der Waals surface area contributed by atoms with Gasteiger partial charge in [-0.1, -0.05) is 0 Å². The fourth-order valence-corrected chi connectivity index (χ4v) is 3.11. The molecule has 1 aliphatic rings. The van der Waals surface area contributed by atoms with Gasteiger partial charge < -0.3 is 5.32 Å². The predicted octanol–water partition coefficient (Wildman–Crippen LogP) is 0.0201. The number of pyridine rings is 1. The average molecular weight is 286 g/mol. The number of aromatic nitrogens is 1. The molecule has 2 heterocycles. The van der Waals surface area contributed by atoms with Crippen molar-refractivity contribution in [3.63, 3.8) is 0 Å². The number of nitrogens with one attached hydrogen (secondary N) is 2. The minimum atomic E-state index is -3.97. The van der Waals surface area contributed by atoms with E-state index in [1.807, 2.05) is 0 Å². The van der Waals surface area contributed by atoms with Gasteiger partial charge in [-0.2, -0.15) is 0 Å².